The minimum absolute atomic E-state index is 0.000402. The lowest BCUT2D eigenvalue weighted by Gasteiger charge is -2.15. The smallest absolute Gasteiger partial charge is 0.269 e. The number of rotatable bonds is 2. The van der Waals surface area contributed by atoms with Crippen LogP contribution in [0, 0.1) is 0 Å². The summed E-state index contributed by atoms with van der Waals surface area (Å²) in [5.74, 6) is 0.000402. The largest absolute Gasteiger partial charge is 0.337 e. The molecular formula is C19H16ClN3OS2. The Hall–Kier alpha value is -1.89. The van der Waals surface area contributed by atoms with Crippen LogP contribution in [0.2, 0.25) is 5.02 Å². The zero-order valence-electron chi connectivity index (χ0n) is 14.3. The molecule has 0 atom stereocenters. The monoisotopic (exact) mass is 401 g/mol. The number of likely N-dealkylation sites (N-methyl/N-ethyl adjacent to an activating group) is 1. The molecular weight excluding hydrogens is 386 g/mol. The van der Waals surface area contributed by atoms with Crippen LogP contribution in [-0.4, -0.2) is 29.6 Å². The van der Waals surface area contributed by atoms with Gasteiger partial charge in [0, 0.05) is 23.5 Å². The summed E-state index contributed by atoms with van der Waals surface area (Å²) in [5.41, 5.74) is 1.87. The van der Waals surface area contributed by atoms with Crippen molar-refractivity contribution in [2.24, 2.45) is 4.99 Å². The summed E-state index contributed by atoms with van der Waals surface area (Å²) in [7, 11) is 1.97. The molecule has 0 aromatic heterocycles. The van der Waals surface area contributed by atoms with Gasteiger partial charge >= 0.3 is 0 Å². The summed E-state index contributed by atoms with van der Waals surface area (Å²) < 4.78 is 0. The highest BCUT2D eigenvalue weighted by atomic mass is 35.5. The minimum atomic E-state index is 0.000402. The summed E-state index contributed by atoms with van der Waals surface area (Å²) in [6.45, 7) is 2.55. The summed E-state index contributed by atoms with van der Waals surface area (Å²) in [4.78, 5) is 23.2. The number of benzene rings is 2. The highest BCUT2D eigenvalue weighted by Crippen LogP contribution is 2.50. The Morgan fingerprint density at radius 3 is 2.62 bits per heavy atom. The molecule has 7 heteroatoms. The molecule has 0 unspecified atom stereocenters. The number of fused-ring (bicyclic) bond motifs is 1. The number of halogens is 1. The Bertz CT molecular complexity index is 943. The maximum absolute atomic E-state index is 13.0. The van der Waals surface area contributed by atoms with Crippen molar-refractivity contribution in [1.29, 1.82) is 0 Å². The molecule has 26 heavy (non-hydrogen) atoms. The number of carbonyl (C=O) groups excluding carboxylic acids is 1. The predicted molar refractivity (Wildman–Crippen MR) is 111 cm³/mol. The fourth-order valence-electron chi connectivity index (χ4n) is 2.83. The van der Waals surface area contributed by atoms with Gasteiger partial charge in [0.25, 0.3) is 5.91 Å². The van der Waals surface area contributed by atoms with Crippen LogP contribution < -0.4 is 4.90 Å². The second-order valence-corrected chi connectivity index (χ2v) is 8.23. The standard InChI is InChI=1S/C19H16ClN3OS2/c1-3-23-17(24)16(26-19(23)21-13-7-5-4-6-8-13)18-22(2)14-11-12(20)9-10-15(14)25-18/h4-11H,3H2,1-2H3. The quantitative estimate of drug-likeness (QED) is 0.637. The van der Waals surface area contributed by atoms with E-state index >= 15 is 0 Å². The van der Waals surface area contributed by atoms with Crippen LogP contribution in [-0.2, 0) is 4.79 Å². The normalized spacial score (nSPS) is 21.0. The van der Waals surface area contributed by atoms with Crippen LogP contribution >= 0.6 is 35.1 Å². The lowest BCUT2D eigenvalue weighted by atomic mass is 10.3. The average molecular weight is 402 g/mol. The average Bonchev–Trinajstić information content (AvgIpc) is 3.12. The zero-order chi connectivity index (χ0) is 18.3. The lowest BCUT2D eigenvalue weighted by Crippen LogP contribution is -2.29. The van der Waals surface area contributed by atoms with Gasteiger partial charge in [0.2, 0.25) is 0 Å². The van der Waals surface area contributed by atoms with Crippen molar-refractivity contribution in [2.45, 2.75) is 11.8 Å². The molecule has 132 valence electrons. The molecule has 0 bridgehead atoms. The molecule has 2 heterocycles. The molecule has 2 aromatic rings. The molecule has 0 spiro atoms. The molecule has 0 aliphatic carbocycles. The Labute approximate surface area is 165 Å². The number of nitrogens with zero attached hydrogens (tertiary/aromatic N) is 3. The van der Waals surface area contributed by atoms with E-state index < -0.39 is 0 Å². The first-order valence-electron chi connectivity index (χ1n) is 8.17. The van der Waals surface area contributed by atoms with Crippen molar-refractivity contribution < 1.29 is 4.79 Å². The number of amidine groups is 1. The number of thioether (sulfide) groups is 2. The van der Waals surface area contributed by atoms with Crippen molar-refractivity contribution in [3.63, 3.8) is 0 Å². The number of para-hydroxylation sites is 1. The van der Waals surface area contributed by atoms with E-state index in [1.165, 1.54) is 11.8 Å². The molecule has 4 rings (SSSR count). The molecule has 4 nitrogen and oxygen atoms in total. The van der Waals surface area contributed by atoms with Gasteiger partial charge in [-0.2, -0.15) is 0 Å². The number of aliphatic imine (C=N–C) groups is 1. The number of amides is 1. The van der Waals surface area contributed by atoms with Crippen molar-refractivity contribution >= 4 is 57.6 Å². The van der Waals surface area contributed by atoms with Crippen LogP contribution in [0.5, 0.6) is 0 Å². The molecule has 1 fully saturated rings. The van der Waals surface area contributed by atoms with E-state index in [2.05, 4.69) is 4.99 Å². The van der Waals surface area contributed by atoms with E-state index in [0.717, 1.165) is 21.3 Å². The first kappa shape index (κ1) is 17.5. The van der Waals surface area contributed by atoms with Crippen LogP contribution in [0.4, 0.5) is 11.4 Å². The van der Waals surface area contributed by atoms with Gasteiger partial charge in [-0.15, -0.1) is 0 Å². The van der Waals surface area contributed by atoms with Crippen molar-refractivity contribution in [1.82, 2.24) is 4.90 Å². The minimum Gasteiger partial charge on any atom is -0.337 e. The van der Waals surface area contributed by atoms with Crippen LogP contribution in [0.15, 0.2) is 68.4 Å². The highest BCUT2D eigenvalue weighted by Gasteiger charge is 2.38. The summed E-state index contributed by atoms with van der Waals surface area (Å²) in [6.07, 6.45) is 0. The molecule has 2 aliphatic rings. The first-order valence-corrected chi connectivity index (χ1v) is 10.2. The van der Waals surface area contributed by atoms with Gasteiger partial charge in [-0.1, -0.05) is 41.6 Å². The molecule has 1 amide bonds. The van der Waals surface area contributed by atoms with Gasteiger partial charge in [-0.05, 0) is 49.0 Å². The van der Waals surface area contributed by atoms with Crippen molar-refractivity contribution in [3.05, 3.63) is 63.5 Å². The van der Waals surface area contributed by atoms with Gasteiger partial charge in [-0.3, -0.25) is 9.69 Å². The third-order valence-corrected chi connectivity index (χ3v) is 6.82. The molecule has 0 N–H and O–H groups in total. The summed E-state index contributed by atoms with van der Waals surface area (Å²) in [6, 6.07) is 15.5. The topological polar surface area (TPSA) is 35.9 Å². The maximum Gasteiger partial charge on any atom is 0.269 e. The Kier molecular flexibility index (Phi) is 4.73. The predicted octanol–water partition coefficient (Wildman–Crippen LogP) is 5.33. The SMILES string of the molecule is CCN1C(=O)C(=C2Sc3ccc(Cl)cc3N2C)SC1=Nc1ccccc1. The maximum atomic E-state index is 13.0. The van der Waals surface area contributed by atoms with Crippen molar-refractivity contribution in [3.8, 4) is 0 Å². The van der Waals surface area contributed by atoms with E-state index in [0.29, 0.717) is 21.6 Å². The Morgan fingerprint density at radius 1 is 1.12 bits per heavy atom. The molecule has 2 aliphatic heterocycles. The third kappa shape index (κ3) is 3.02. The number of hydrogen-bond acceptors (Lipinski definition) is 5. The van der Waals surface area contributed by atoms with Gasteiger partial charge in [0.05, 0.1) is 16.4 Å². The van der Waals surface area contributed by atoms with E-state index in [1.54, 1.807) is 16.7 Å². The van der Waals surface area contributed by atoms with Gasteiger partial charge < -0.3 is 4.90 Å². The zero-order valence-corrected chi connectivity index (χ0v) is 16.7. The molecule has 2 aromatic carbocycles. The van der Waals surface area contributed by atoms with E-state index in [9.17, 15) is 4.79 Å². The van der Waals surface area contributed by atoms with E-state index in [4.69, 9.17) is 11.6 Å². The second kappa shape index (κ2) is 7.02. The van der Waals surface area contributed by atoms with E-state index in [1.807, 2.05) is 67.4 Å². The van der Waals surface area contributed by atoms with Crippen LogP contribution in [0.25, 0.3) is 0 Å². The summed E-state index contributed by atoms with van der Waals surface area (Å²) in [5, 5.41) is 2.33. The van der Waals surface area contributed by atoms with Crippen molar-refractivity contribution in [2.75, 3.05) is 18.5 Å². The fraction of sp³-hybridized carbons (Fsp3) is 0.158. The number of carbonyl (C=O) groups is 1. The second-order valence-electron chi connectivity index (χ2n) is 5.79. The number of anilines is 1. The fourth-order valence-corrected chi connectivity index (χ4v) is 5.38. The van der Waals surface area contributed by atoms with Gasteiger partial charge in [0.15, 0.2) is 5.17 Å². The summed E-state index contributed by atoms with van der Waals surface area (Å²) >= 11 is 9.16. The molecule has 1 saturated heterocycles. The third-order valence-electron chi connectivity index (χ3n) is 4.15. The first-order chi connectivity index (χ1) is 12.6. The number of hydrogen-bond donors (Lipinski definition) is 0. The van der Waals surface area contributed by atoms with Gasteiger partial charge in [0.1, 0.15) is 4.91 Å². The highest BCUT2D eigenvalue weighted by molar-refractivity contribution is 8.19. The molecule has 0 radical (unpaired) electrons. The Balaban J connectivity index is 1.73. The van der Waals surface area contributed by atoms with E-state index in [-0.39, 0.29) is 5.91 Å². The van der Waals surface area contributed by atoms with Crippen LogP contribution in [0.3, 0.4) is 0 Å². The van der Waals surface area contributed by atoms with Gasteiger partial charge in [-0.25, -0.2) is 4.99 Å². The van der Waals surface area contributed by atoms with Crippen LogP contribution in [0.1, 0.15) is 6.92 Å². The lowest BCUT2D eigenvalue weighted by molar-refractivity contribution is -0.122. The Morgan fingerprint density at radius 2 is 1.88 bits per heavy atom. The molecule has 0 saturated carbocycles.